The summed E-state index contributed by atoms with van der Waals surface area (Å²) in [6, 6.07) is -0.150. The van der Waals surface area contributed by atoms with E-state index in [0.29, 0.717) is 10.7 Å². The normalized spacial score (nSPS) is 15.0. The zero-order chi connectivity index (χ0) is 12.6. The van der Waals surface area contributed by atoms with E-state index >= 15 is 0 Å². The Labute approximate surface area is 102 Å². The summed E-state index contributed by atoms with van der Waals surface area (Å²) in [6.45, 7) is 3.82. The standard InChI is InChI=1S/C10H14N4O2S/c1-3-7(6(2)11)8-9(14(15)16)13-4-5-17-10(13)12-8/h4-7H,3,11H2,1-2H3. The van der Waals surface area contributed by atoms with E-state index in [2.05, 4.69) is 4.98 Å². The second kappa shape index (κ2) is 4.42. The van der Waals surface area contributed by atoms with E-state index in [-0.39, 0.29) is 22.7 Å². The lowest BCUT2D eigenvalue weighted by Crippen LogP contribution is -2.25. The van der Waals surface area contributed by atoms with Crippen LogP contribution in [-0.4, -0.2) is 20.3 Å². The third kappa shape index (κ3) is 1.91. The number of nitrogens with zero attached hydrogens (tertiary/aromatic N) is 3. The molecule has 2 N–H and O–H groups in total. The molecule has 0 saturated carbocycles. The fourth-order valence-electron chi connectivity index (χ4n) is 2.03. The van der Waals surface area contributed by atoms with E-state index in [9.17, 15) is 10.1 Å². The minimum Gasteiger partial charge on any atom is -0.358 e. The average Bonchev–Trinajstić information content (AvgIpc) is 2.76. The molecule has 7 heteroatoms. The second-order valence-electron chi connectivity index (χ2n) is 4.01. The minimum atomic E-state index is -0.382. The van der Waals surface area contributed by atoms with Crippen molar-refractivity contribution >= 4 is 22.1 Å². The van der Waals surface area contributed by atoms with Gasteiger partial charge in [0.25, 0.3) is 4.96 Å². The predicted octanol–water partition coefficient (Wildman–Crippen LogP) is 2.14. The first-order chi connectivity index (χ1) is 8.06. The van der Waals surface area contributed by atoms with E-state index in [1.54, 1.807) is 11.6 Å². The summed E-state index contributed by atoms with van der Waals surface area (Å²) in [6.07, 6.45) is 2.41. The summed E-state index contributed by atoms with van der Waals surface area (Å²) in [7, 11) is 0. The van der Waals surface area contributed by atoms with Gasteiger partial charge in [-0.1, -0.05) is 18.3 Å². The molecule has 2 rings (SSSR count). The number of nitrogens with two attached hydrogens (primary N) is 1. The van der Waals surface area contributed by atoms with Gasteiger partial charge in [0.05, 0.1) is 0 Å². The van der Waals surface area contributed by atoms with Crippen molar-refractivity contribution in [3.05, 3.63) is 27.4 Å². The van der Waals surface area contributed by atoms with Gasteiger partial charge in [-0.15, -0.1) is 0 Å². The maximum atomic E-state index is 11.1. The molecule has 2 aromatic rings. The van der Waals surface area contributed by atoms with Crippen molar-refractivity contribution in [3.8, 4) is 0 Å². The first-order valence-corrected chi connectivity index (χ1v) is 6.29. The quantitative estimate of drug-likeness (QED) is 0.669. The highest BCUT2D eigenvalue weighted by Gasteiger charge is 2.30. The SMILES string of the molecule is CCC(c1nc2sccn2c1[N+](=O)[O-])C(C)N. The molecular formula is C10H14N4O2S. The fraction of sp³-hybridized carbons (Fsp3) is 0.500. The van der Waals surface area contributed by atoms with Crippen molar-refractivity contribution in [2.75, 3.05) is 0 Å². The zero-order valence-corrected chi connectivity index (χ0v) is 10.5. The molecule has 0 aliphatic rings. The molecule has 0 bridgehead atoms. The number of thiazole rings is 1. The molecule has 2 aromatic heterocycles. The minimum absolute atomic E-state index is 0.0467. The summed E-state index contributed by atoms with van der Waals surface area (Å²) in [5, 5.41) is 12.9. The maximum absolute atomic E-state index is 11.1. The Morgan fingerprint density at radius 1 is 1.71 bits per heavy atom. The smallest absolute Gasteiger partial charge is 0.352 e. The predicted molar refractivity (Wildman–Crippen MR) is 66.4 cm³/mol. The van der Waals surface area contributed by atoms with Crippen LogP contribution >= 0.6 is 11.3 Å². The summed E-state index contributed by atoms with van der Waals surface area (Å²) in [5.41, 5.74) is 6.37. The van der Waals surface area contributed by atoms with Crippen LogP contribution in [0, 0.1) is 10.1 Å². The van der Waals surface area contributed by atoms with Crippen molar-refractivity contribution in [2.45, 2.75) is 32.2 Å². The van der Waals surface area contributed by atoms with E-state index in [0.717, 1.165) is 6.42 Å². The van der Waals surface area contributed by atoms with Crippen LogP contribution in [0.4, 0.5) is 5.82 Å². The Bertz CT molecular complexity index is 545. The van der Waals surface area contributed by atoms with Crippen LogP contribution in [-0.2, 0) is 0 Å². The van der Waals surface area contributed by atoms with Gasteiger partial charge in [0, 0.05) is 17.3 Å². The average molecular weight is 254 g/mol. The van der Waals surface area contributed by atoms with E-state index in [4.69, 9.17) is 5.73 Å². The van der Waals surface area contributed by atoms with Crippen LogP contribution in [0.2, 0.25) is 0 Å². The van der Waals surface area contributed by atoms with Gasteiger partial charge in [0.2, 0.25) is 0 Å². The lowest BCUT2D eigenvalue weighted by Gasteiger charge is -2.15. The molecule has 0 spiro atoms. The molecule has 0 radical (unpaired) electrons. The van der Waals surface area contributed by atoms with Gasteiger partial charge in [-0.05, 0) is 18.3 Å². The molecular weight excluding hydrogens is 240 g/mol. The van der Waals surface area contributed by atoms with Gasteiger partial charge in [-0.25, -0.2) is 0 Å². The lowest BCUT2D eigenvalue weighted by molar-refractivity contribution is -0.391. The van der Waals surface area contributed by atoms with Gasteiger partial charge >= 0.3 is 5.82 Å². The third-order valence-electron chi connectivity index (χ3n) is 2.86. The van der Waals surface area contributed by atoms with Crippen molar-refractivity contribution in [3.63, 3.8) is 0 Å². The highest BCUT2D eigenvalue weighted by atomic mass is 32.1. The van der Waals surface area contributed by atoms with Gasteiger partial charge in [-0.3, -0.25) is 0 Å². The maximum Gasteiger partial charge on any atom is 0.352 e. The van der Waals surface area contributed by atoms with Gasteiger partial charge in [0.1, 0.15) is 11.9 Å². The fourth-order valence-corrected chi connectivity index (χ4v) is 2.75. The molecule has 0 aliphatic heterocycles. The lowest BCUT2D eigenvalue weighted by atomic mass is 9.95. The third-order valence-corrected chi connectivity index (χ3v) is 3.62. The van der Waals surface area contributed by atoms with Crippen LogP contribution in [0.15, 0.2) is 11.6 Å². The monoisotopic (exact) mass is 254 g/mol. The number of aromatic nitrogens is 2. The molecule has 17 heavy (non-hydrogen) atoms. The molecule has 0 aromatic carbocycles. The molecule has 0 fully saturated rings. The molecule has 2 atom stereocenters. The van der Waals surface area contributed by atoms with Crippen LogP contribution in [0.5, 0.6) is 0 Å². The molecule has 2 unspecified atom stereocenters. The Morgan fingerprint density at radius 3 is 2.94 bits per heavy atom. The molecule has 0 aliphatic carbocycles. The first kappa shape index (κ1) is 12.0. The number of hydrogen-bond acceptors (Lipinski definition) is 5. The van der Waals surface area contributed by atoms with Crippen molar-refractivity contribution in [1.29, 1.82) is 0 Å². The van der Waals surface area contributed by atoms with Crippen LogP contribution in [0.25, 0.3) is 4.96 Å². The molecule has 0 saturated heterocycles. The molecule has 92 valence electrons. The highest BCUT2D eigenvalue weighted by molar-refractivity contribution is 7.15. The number of imidazole rings is 1. The van der Waals surface area contributed by atoms with E-state index in [1.165, 1.54) is 15.7 Å². The van der Waals surface area contributed by atoms with E-state index < -0.39 is 0 Å². The summed E-state index contributed by atoms with van der Waals surface area (Å²) in [4.78, 5) is 15.8. The highest BCUT2D eigenvalue weighted by Crippen LogP contribution is 2.32. The number of hydrogen-bond donors (Lipinski definition) is 1. The summed E-state index contributed by atoms with van der Waals surface area (Å²) < 4.78 is 1.52. The van der Waals surface area contributed by atoms with Crippen LogP contribution in [0.3, 0.4) is 0 Å². The van der Waals surface area contributed by atoms with Crippen LogP contribution < -0.4 is 5.73 Å². The largest absolute Gasteiger partial charge is 0.358 e. The van der Waals surface area contributed by atoms with Gasteiger partial charge in [-0.2, -0.15) is 9.38 Å². The Kier molecular flexibility index (Phi) is 3.12. The molecule has 2 heterocycles. The topological polar surface area (TPSA) is 86.5 Å². The summed E-state index contributed by atoms with van der Waals surface area (Å²) >= 11 is 1.39. The number of fused-ring (bicyclic) bond motifs is 1. The van der Waals surface area contributed by atoms with Crippen molar-refractivity contribution in [2.24, 2.45) is 5.73 Å². The Balaban J connectivity index is 2.63. The zero-order valence-electron chi connectivity index (χ0n) is 9.66. The number of rotatable bonds is 4. The van der Waals surface area contributed by atoms with Crippen molar-refractivity contribution < 1.29 is 4.92 Å². The van der Waals surface area contributed by atoms with Gasteiger partial charge < -0.3 is 15.8 Å². The molecule has 0 amide bonds. The second-order valence-corrected chi connectivity index (χ2v) is 4.88. The molecule has 6 nitrogen and oxygen atoms in total. The van der Waals surface area contributed by atoms with Gasteiger partial charge in [0.15, 0.2) is 0 Å². The van der Waals surface area contributed by atoms with Crippen molar-refractivity contribution in [1.82, 2.24) is 9.38 Å². The Hall–Kier alpha value is -1.47. The summed E-state index contributed by atoms with van der Waals surface area (Å²) in [5.74, 6) is -0.0344. The van der Waals surface area contributed by atoms with Crippen LogP contribution in [0.1, 0.15) is 31.9 Å². The van der Waals surface area contributed by atoms with E-state index in [1.807, 2.05) is 13.8 Å². The first-order valence-electron chi connectivity index (χ1n) is 5.41. The Morgan fingerprint density at radius 2 is 2.41 bits per heavy atom. The number of nitro groups is 1.